The zero-order valence-electron chi connectivity index (χ0n) is 12.4. The van der Waals surface area contributed by atoms with E-state index in [-0.39, 0.29) is 11.2 Å². The van der Waals surface area contributed by atoms with E-state index in [0.29, 0.717) is 6.42 Å². The van der Waals surface area contributed by atoms with Gasteiger partial charge in [-0.3, -0.25) is 4.79 Å². The summed E-state index contributed by atoms with van der Waals surface area (Å²) in [5, 5.41) is 0.270. The molecule has 0 heterocycles. The molecule has 110 valence electrons. The normalized spacial score (nSPS) is 11.9. The van der Waals surface area contributed by atoms with Crippen molar-refractivity contribution in [1.29, 1.82) is 0 Å². The second kappa shape index (κ2) is 7.89. The molecule has 0 aromatic heterocycles. The zero-order valence-corrected chi connectivity index (χ0v) is 13.2. The number of carbonyl (C=O) groups is 1. The van der Waals surface area contributed by atoms with Crippen molar-refractivity contribution in [2.45, 2.75) is 24.3 Å². The summed E-state index contributed by atoms with van der Waals surface area (Å²) in [6, 6.07) is 19.0. The SMILES string of the molecule is COC(=O)CC(C)SCc1ccc(-c2ccccc2)cc1. The standard InChI is InChI=1S/C18H20O2S/c1-14(12-18(19)20-2)21-13-15-8-10-17(11-9-15)16-6-4-3-5-7-16/h3-11,14H,12-13H2,1-2H3. The molecule has 0 radical (unpaired) electrons. The summed E-state index contributed by atoms with van der Waals surface area (Å²) in [5.41, 5.74) is 3.74. The lowest BCUT2D eigenvalue weighted by molar-refractivity contribution is -0.140. The third kappa shape index (κ3) is 4.94. The quantitative estimate of drug-likeness (QED) is 0.733. The summed E-state index contributed by atoms with van der Waals surface area (Å²) in [7, 11) is 1.43. The number of carbonyl (C=O) groups excluding carboxylic acids is 1. The van der Waals surface area contributed by atoms with Gasteiger partial charge in [0.1, 0.15) is 0 Å². The molecule has 2 aromatic carbocycles. The molecule has 0 aliphatic rings. The van der Waals surface area contributed by atoms with Crippen molar-refractivity contribution in [3.63, 3.8) is 0 Å². The molecule has 1 atom stereocenters. The monoisotopic (exact) mass is 300 g/mol. The third-order valence-electron chi connectivity index (χ3n) is 3.28. The highest BCUT2D eigenvalue weighted by Gasteiger charge is 2.09. The smallest absolute Gasteiger partial charge is 0.306 e. The second-order valence-corrected chi connectivity index (χ2v) is 6.39. The number of thioether (sulfide) groups is 1. The van der Waals surface area contributed by atoms with Gasteiger partial charge in [-0.05, 0) is 16.7 Å². The average molecular weight is 300 g/mol. The van der Waals surface area contributed by atoms with E-state index in [4.69, 9.17) is 0 Å². The van der Waals surface area contributed by atoms with E-state index in [9.17, 15) is 4.79 Å². The van der Waals surface area contributed by atoms with Gasteiger partial charge in [0.15, 0.2) is 0 Å². The third-order valence-corrected chi connectivity index (χ3v) is 4.51. The molecule has 0 fully saturated rings. The maximum atomic E-state index is 11.2. The van der Waals surface area contributed by atoms with Crippen LogP contribution in [0.1, 0.15) is 18.9 Å². The molecule has 0 saturated carbocycles. The number of ether oxygens (including phenoxy) is 1. The minimum Gasteiger partial charge on any atom is -0.469 e. The van der Waals surface area contributed by atoms with E-state index in [2.05, 4.69) is 48.1 Å². The van der Waals surface area contributed by atoms with E-state index in [0.717, 1.165) is 5.75 Å². The number of hydrogen-bond donors (Lipinski definition) is 0. The Morgan fingerprint density at radius 2 is 1.67 bits per heavy atom. The molecule has 2 nitrogen and oxygen atoms in total. The van der Waals surface area contributed by atoms with Crippen molar-refractivity contribution in [2.75, 3.05) is 7.11 Å². The fourth-order valence-electron chi connectivity index (χ4n) is 2.04. The molecule has 0 spiro atoms. The van der Waals surface area contributed by atoms with Crippen LogP contribution in [0.25, 0.3) is 11.1 Å². The molecule has 0 aliphatic carbocycles. The maximum absolute atomic E-state index is 11.2. The summed E-state index contributed by atoms with van der Waals surface area (Å²) >= 11 is 1.77. The number of hydrogen-bond acceptors (Lipinski definition) is 3. The van der Waals surface area contributed by atoms with Crippen LogP contribution in [0, 0.1) is 0 Å². The molecule has 0 amide bonds. The van der Waals surface area contributed by atoms with Crippen LogP contribution in [0.5, 0.6) is 0 Å². The fourth-order valence-corrected chi connectivity index (χ4v) is 2.96. The largest absolute Gasteiger partial charge is 0.469 e. The first kappa shape index (κ1) is 15.6. The Labute approximate surface area is 130 Å². The first-order valence-corrected chi connectivity index (χ1v) is 8.06. The van der Waals surface area contributed by atoms with Crippen molar-refractivity contribution in [1.82, 2.24) is 0 Å². The minimum absolute atomic E-state index is 0.144. The van der Waals surface area contributed by atoms with Crippen molar-refractivity contribution < 1.29 is 9.53 Å². The Hall–Kier alpha value is -1.74. The first-order valence-electron chi connectivity index (χ1n) is 7.02. The lowest BCUT2D eigenvalue weighted by Crippen LogP contribution is -2.08. The van der Waals surface area contributed by atoms with Gasteiger partial charge in [0.25, 0.3) is 0 Å². The molecule has 2 aromatic rings. The predicted octanol–water partition coefficient (Wildman–Crippen LogP) is 4.54. The van der Waals surface area contributed by atoms with Gasteiger partial charge in [-0.2, -0.15) is 11.8 Å². The summed E-state index contributed by atoms with van der Waals surface area (Å²) < 4.78 is 4.69. The van der Waals surface area contributed by atoms with Crippen molar-refractivity contribution >= 4 is 17.7 Å². The van der Waals surface area contributed by atoms with E-state index in [1.54, 1.807) is 11.8 Å². The van der Waals surface area contributed by atoms with Crippen LogP contribution in [0.3, 0.4) is 0 Å². The van der Waals surface area contributed by atoms with Crippen LogP contribution in [-0.2, 0) is 15.3 Å². The summed E-state index contributed by atoms with van der Waals surface area (Å²) in [4.78, 5) is 11.2. The second-order valence-electron chi connectivity index (χ2n) is 4.96. The van der Waals surface area contributed by atoms with Gasteiger partial charge in [0.2, 0.25) is 0 Å². The van der Waals surface area contributed by atoms with Gasteiger partial charge in [-0.15, -0.1) is 0 Å². The van der Waals surface area contributed by atoms with Gasteiger partial charge in [0.05, 0.1) is 13.5 Å². The Morgan fingerprint density at radius 1 is 1.05 bits per heavy atom. The summed E-state index contributed by atoms with van der Waals surface area (Å²) in [6.07, 6.45) is 0.462. The summed E-state index contributed by atoms with van der Waals surface area (Å²) in [5.74, 6) is 0.766. The Morgan fingerprint density at radius 3 is 2.29 bits per heavy atom. The average Bonchev–Trinajstić information content (AvgIpc) is 2.54. The Balaban J connectivity index is 1.90. The highest BCUT2D eigenvalue weighted by molar-refractivity contribution is 7.99. The lowest BCUT2D eigenvalue weighted by Gasteiger charge is -2.10. The molecule has 1 unspecified atom stereocenters. The molecule has 0 aliphatic heterocycles. The van der Waals surface area contributed by atoms with Crippen molar-refractivity contribution in [3.05, 3.63) is 60.2 Å². The summed E-state index contributed by atoms with van der Waals surface area (Å²) in [6.45, 7) is 2.06. The number of esters is 1. The van der Waals surface area contributed by atoms with Gasteiger partial charge >= 0.3 is 5.97 Å². The van der Waals surface area contributed by atoms with Crippen molar-refractivity contribution in [3.8, 4) is 11.1 Å². The molecule has 2 rings (SSSR count). The molecule has 0 N–H and O–H groups in total. The predicted molar refractivity (Wildman–Crippen MR) is 89.3 cm³/mol. The fraction of sp³-hybridized carbons (Fsp3) is 0.278. The zero-order chi connectivity index (χ0) is 15.1. The van der Waals surface area contributed by atoms with E-state index in [1.165, 1.54) is 23.8 Å². The highest BCUT2D eigenvalue weighted by atomic mass is 32.2. The first-order chi connectivity index (χ1) is 10.2. The molecule has 21 heavy (non-hydrogen) atoms. The van der Waals surface area contributed by atoms with E-state index >= 15 is 0 Å². The van der Waals surface area contributed by atoms with Gasteiger partial charge < -0.3 is 4.74 Å². The van der Waals surface area contributed by atoms with Crippen LogP contribution >= 0.6 is 11.8 Å². The molecule has 3 heteroatoms. The van der Waals surface area contributed by atoms with Gasteiger partial charge in [-0.25, -0.2) is 0 Å². The van der Waals surface area contributed by atoms with Gasteiger partial charge in [-0.1, -0.05) is 61.5 Å². The number of methoxy groups -OCH3 is 1. The maximum Gasteiger partial charge on any atom is 0.306 e. The molecule has 0 bridgehead atoms. The number of benzene rings is 2. The minimum atomic E-state index is -0.144. The molecular weight excluding hydrogens is 280 g/mol. The van der Waals surface area contributed by atoms with E-state index < -0.39 is 0 Å². The van der Waals surface area contributed by atoms with Gasteiger partial charge in [0, 0.05) is 11.0 Å². The topological polar surface area (TPSA) is 26.3 Å². The van der Waals surface area contributed by atoms with E-state index in [1.807, 2.05) is 18.2 Å². The van der Waals surface area contributed by atoms with Crippen LogP contribution < -0.4 is 0 Å². The number of rotatable bonds is 6. The lowest BCUT2D eigenvalue weighted by atomic mass is 10.0. The van der Waals surface area contributed by atoms with Crippen LogP contribution in [-0.4, -0.2) is 18.3 Å². The highest BCUT2D eigenvalue weighted by Crippen LogP contribution is 2.23. The Kier molecular flexibility index (Phi) is 5.88. The van der Waals surface area contributed by atoms with Crippen LogP contribution in [0.2, 0.25) is 0 Å². The van der Waals surface area contributed by atoms with Crippen LogP contribution in [0.4, 0.5) is 0 Å². The molecular formula is C18H20O2S. The molecule has 0 saturated heterocycles. The van der Waals surface area contributed by atoms with Crippen molar-refractivity contribution in [2.24, 2.45) is 0 Å². The van der Waals surface area contributed by atoms with Crippen LogP contribution in [0.15, 0.2) is 54.6 Å². The Bertz CT molecular complexity index is 564.